The van der Waals surface area contributed by atoms with Crippen LogP contribution in [-0.2, 0) is 14.8 Å². The van der Waals surface area contributed by atoms with E-state index < -0.39 is 21.6 Å². The molecule has 0 aliphatic carbocycles. The highest BCUT2D eigenvalue weighted by Gasteiger charge is 2.23. The topological polar surface area (TPSA) is 86.5 Å². The van der Waals surface area contributed by atoms with Crippen molar-refractivity contribution in [2.75, 3.05) is 0 Å². The van der Waals surface area contributed by atoms with Crippen molar-refractivity contribution in [3.8, 4) is 0 Å². The zero-order chi connectivity index (χ0) is 13.4. The lowest BCUT2D eigenvalue weighted by atomic mass is 10.2. The normalized spacial score (nSPS) is 12.5. The van der Waals surface area contributed by atoms with E-state index in [9.17, 15) is 13.2 Å². The molecule has 0 atom stereocenters. The van der Waals surface area contributed by atoms with Crippen molar-refractivity contribution in [1.82, 2.24) is 0 Å². The fraction of sp³-hybridized carbons (Fsp3) is 0.500. The van der Waals surface area contributed by atoms with Gasteiger partial charge in [-0.1, -0.05) is 0 Å². The van der Waals surface area contributed by atoms with E-state index in [-0.39, 0.29) is 9.77 Å². The number of nitrogens with two attached hydrogens (primary N) is 1. The molecule has 1 aromatic rings. The fourth-order valence-corrected chi connectivity index (χ4v) is 3.20. The van der Waals surface area contributed by atoms with Crippen molar-refractivity contribution in [2.45, 2.75) is 38.2 Å². The third kappa shape index (κ3) is 3.79. The average molecular weight is 277 g/mol. The van der Waals surface area contributed by atoms with Gasteiger partial charge in [0.25, 0.3) is 0 Å². The van der Waals surface area contributed by atoms with Crippen molar-refractivity contribution in [2.24, 2.45) is 5.14 Å². The SMILES string of the molecule is Cc1sc(C(=O)OC(C)(C)C)cc1S(N)(=O)=O. The van der Waals surface area contributed by atoms with E-state index in [2.05, 4.69) is 0 Å². The summed E-state index contributed by atoms with van der Waals surface area (Å²) >= 11 is 1.06. The first-order valence-electron chi connectivity index (χ1n) is 4.87. The van der Waals surface area contributed by atoms with E-state index in [0.717, 1.165) is 11.3 Å². The molecular formula is C10H15NO4S2. The number of primary sulfonamides is 1. The first kappa shape index (κ1) is 14.1. The minimum Gasteiger partial charge on any atom is -0.456 e. The summed E-state index contributed by atoms with van der Waals surface area (Å²) in [6, 6.07) is 1.25. The monoisotopic (exact) mass is 277 g/mol. The molecule has 7 heteroatoms. The number of aryl methyl sites for hydroxylation is 1. The molecule has 5 nitrogen and oxygen atoms in total. The molecule has 0 radical (unpaired) electrons. The summed E-state index contributed by atoms with van der Waals surface area (Å²) in [5, 5.41) is 5.03. The maximum atomic E-state index is 11.7. The number of thiophene rings is 1. The van der Waals surface area contributed by atoms with Gasteiger partial charge >= 0.3 is 5.97 Å². The Morgan fingerprint density at radius 1 is 1.41 bits per heavy atom. The van der Waals surface area contributed by atoms with Crippen LogP contribution in [0.25, 0.3) is 0 Å². The largest absolute Gasteiger partial charge is 0.456 e. The van der Waals surface area contributed by atoms with Gasteiger partial charge in [0.15, 0.2) is 0 Å². The number of hydrogen-bond acceptors (Lipinski definition) is 5. The second-order valence-corrected chi connectivity index (χ2v) is 7.36. The van der Waals surface area contributed by atoms with Gasteiger partial charge in [0.05, 0.1) is 4.90 Å². The molecule has 1 heterocycles. The highest BCUT2D eigenvalue weighted by molar-refractivity contribution is 7.89. The smallest absolute Gasteiger partial charge is 0.348 e. The molecule has 0 bridgehead atoms. The zero-order valence-electron chi connectivity index (χ0n) is 10.1. The van der Waals surface area contributed by atoms with Crippen molar-refractivity contribution in [1.29, 1.82) is 0 Å². The van der Waals surface area contributed by atoms with Crippen LogP contribution in [0.3, 0.4) is 0 Å². The molecule has 0 saturated heterocycles. The van der Waals surface area contributed by atoms with Crippen LogP contribution in [0.15, 0.2) is 11.0 Å². The van der Waals surface area contributed by atoms with Crippen LogP contribution in [0.5, 0.6) is 0 Å². The number of hydrogen-bond donors (Lipinski definition) is 1. The Kier molecular flexibility index (Phi) is 3.66. The quantitative estimate of drug-likeness (QED) is 0.833. The highest BCUT2D eigenvalue weighted by atomic mass is 32.2. The summed E-state index contributed by atoms with van der Waals surface area (Å²) in [5.74, 6) is -0.541. The van der Waals surface area contributed by atoms with Crippen LogP contribution in [0, 0.1) is 6.92 Å². The Labute approximate surface area is 105 Å². The van der Waals surface area contributed by atoms with Crippen LogP contribution >= 0.6 is 11.3 Å². The molecule has 1 aromatic heterocycles. The second kappa shape index (κ2) is 4.40. The lowest BCUT2D eigenvalue weighted by Crippen LogP contribution is -2.23. The molecule has 0 spiro atoms. The third-order valence-corrected chi connectivity index (χ3v) is 3.98. The fourth-order valence-electron chi connectivity index (χ4n) is 1.18. The van der Waals surface area contributed by atoms with E-state index in [4.69, 9.17) is 9.88 Å². The Bertz CT molecular complexity index is 537. The summed E-state index contributed by atoms with van der Waals surface area (Å²) in [7, 11) is -3.79. The summed E-state index contributed by atoms with van der Waals surface area (Å²) in [5.41, 5.74) is -0.614. The minimum absolute atomic E-state index is 0.0247. The molecule has 0 aromatic carbocycles. The number of esters is 1. The first-order chi connectivity index (χ1) is 7.50. The van der Waals surface area contributed by atoms with Crippen molar-refractivity contribution < 1.29 is 17.9 Å². The van der Waals surface area contributed by atoms with Gasteiger partial charge in [0, 0.05) is 4.88 Å². The molecule has 0 aliphatic rings. The Balaban J connectivity index is 3.07. The summed E-state index contributed by atoms with van der Waals surface area (Å²) in [4.78, 5) is 12.4. The van der Waals surface area contributed by atoms with Crippen molar-refractivity contribution in [3.63, 3.8) is 0 Å². The summed E-state index contributed by atoms with van der Waals surface area (Å²) in [6.45, 7) is 6.82. The van der Waals surface area contributed by atoms with Gasteiger partial charge in [0.1, 0.15) is 10.5 Å². The predicted molar refractivity (Wildman–Crippen MR) is 65.6 cm³/mol. The van der Waals surface area contributed by atoms with Crippen molar-refractivity contribution >= 4 is 27.3 Å². The van der Waals surface area contributed by atoms with E-state index in [1.165, 1.54) is 6.07 Å². The minimum atomic E-state index is -3.79. The van der Waals surface area contributed by atoms with E-state index >= 15 is 0 Å². The van der Waals surface area contributed by atoms with Crippen LogP contribution in [0.2, 0.25) is 0 Å². The predicted octanol–water partition coefficient (Wildman–Crippen LogP) is 1.66. The maximum absolute atomic E-state index is 11.7. The van der Waals surface area contributed by atoms with Gasteiger partial charge in [-0.3, -0.25) is 0 Å². The molecule has 1 rings (SSSR count). The number of ether oxygens (including phenoxy) is 1. The molecule has 2 N–H and O–H groups in total. The van der Waals surface area contributed by atoms with Crippen molar-refractivity contribution in [3.05, 3.63) is 15.8 Å². The first-order valence-corrected chi connectivity index (χ1v) is 7.23. The Morgan fingerprint density at radius 2 is 1.94 bits per heavy atom. The molecule has 0 fully saturated rings. The molecule has 0 amide bonds. The maximum Gasteiger partial charge on any atom is 0.348 e. The number of carbonyl (C=O) groups excluding carboxylic acids is 1. The lowest BCUT2D eigenvalue weighted by molar-refractivity contribution is 0.00751. The third-order valence-electron chi connectivity index (χ3n) is 1.78. The average Bonchev–Trinajstić information content (AvgIpc) is 2.42. The zero-order valence-corrected chi connectivity index (χ0v) is 11.7. The standard InChI is InChI=1S/C10H15NO4S2/c1-6-8(17(11,13)14)5-7(16-6)9(12)15-10(2,3)4/h5H,1-4H3,(H2,11,13,14). The van der Waals surface area contributed by atoms with Gasteiger partial charge in [0.2, 0.25) is 10.0 Å². The van der Waals surface area contributed by atoms with Gasteiger partial charge in [-0.2, -0.15) is 0 Å². The van der Waals surface area contributed by atoms with E-state index in [0.29, 0.717) is 4.88 Å². The number of rotatable bonds is 2. The lowest BCUT2D eigenvalue weighted by Gasteiger charge is -2.18. The molecule has 17 heavy (non-hydrogen) atoms. The molecule has 0 saturated carbocycles. The van der Waals surface area contributed by atoms with E-state index in [1.54, 1.807) is 27.7 Å². The molecule has 0 unspecified atom stereocenters. The van der Waals surface area contributed by atoms with Gasteiger partial charge in [-0.15, -0.1) is 11.3 Å². The van der Waals surface area contributed by atoms with E-state index in [1.807, 2.05) is 0 Å². The molecular weight excluding hydrogens is 262 g/mol. The van der Waals surface area contributed by atoms with Crippen LogP contribution in [-0.4, -0.2) is 20.0 Å². The summed E-state index contributed by atoms with van der Waals surface area (Å²) in [6.07, 6.45) is 0. The number of carbonyl (C=O) groups is 1. The highest BCUT2D eigenvalue weighted by Crippen LogP contribution is 2.26. The van der Waals surface area contributed by atoms with Crippen LogP contribution in [0.4, 0.5) is 0 Å². The van der Waals surface area contributed by atoms with Gasteiger partial charge < -0.3 is 4.74 Å². The van der Waals surface area contributed by atoms with Crippen LogP contribution in [0.1, 0.15) is 35.3 Å². The number of sulfonamides is 1. The van der Waals surface area contributed by atoms with Gasteiger partial charge in [-0.25, -0.2) is 18.4 Å². The summed E-state index contributed by atoms with van der Waals surface area (Å²) < 4.78 is 27.6. The second-order valence-electron chi connectivity index (χ2n) is 4.58. The Morgan fingerprint density at radius 3 is 2.29 bits per heavy atom. The molecule has 0 aliphatic heterocycles. The van der Waals surface area contributed by atoms with Gasteiger partial charge in [-0.05, 0) is 33.8 Å². The Hall–Kier alpha value is -0.920. The van der Waals surface area contributed by atoms with Crippen LogP contribution < -0.4 is 5.14 Å². The molecule has 96 valence electrons.